The molecule has 0 aromatic carbocycles. The number of ether oxygens (including phenoxy) is 1. The summed E-state index contributed by atoms with van der Waals surface area (Å²) in [5.74, 6) is 0.695. The van der Waals surface area contributed by atoms with Gasteiger partial charge >= 0.3 is 0 Å². The third-order valence-corrected chi connectivity index (χ3v) is 2.30. The van der Waals surface area contributed by atoms with E-state index in [-0.39, 0.29) is 6.04 Å². The topological polar surface area (TPSA) is 103 Å². The molecule has 0 radical (unpaired) electrons. The second-order valence-corrected chi connectivity index (χ2v) is 3.62. The van der Waals surface area contributed by atoms with Gasteiger partial charge in [-0.25, -0.2) is 0 Å². The largest absolute Gasteiger partial charge is 0.383 e. The van der Waals surface area contributed by atoms with E-state index in [9.17, 15) is 0 Å². The number of hydrogen-bond acceptors (Lipinski definition) is 7. The summed E-state index contributed by atoms with van der Waals surface area (Å²) >= 11 is 0. The Morgan fingerprint density at radius 1 is 1.53 bits per heavy atom. The zero-order valence-corrected chi connectivity index (χ0v) is 9.58. The van der Waals surface area contributed by atoms with Gasteiger partial charge in [-0.15, -0.1) is 14.8 Å². The Morgan fingerprint density at radius 2 is 2.41 bits per heavy atom. The predicted molar refractivity (Wildman–Crippen MR) is 61.5 cm³/mol. The van der Waals surface area contributed by atoms with Crippen LogP contribution in [0, 0.1) is 0 Å². The Bertz CT molecular complexity index is 465. The first-order chi connectivity index (χ1) is 8.33. The molecular formula is C9H15N7O. The second-order valence-electron chi connectivity index (χ2n) is 3.62. The van der Waals surface area contributed by atoms with E-state index in [2.05, 4.69) is 25.9 Å². The Morgan fingerprint density at radius 3 is 3.18 bits per heavy atom. The smallest absolute Gasteiger partial charge is 0.200 e. The van der Waals surface area contributed by atoms with Crippen LogP contribution in [0.4, 0.5) is 5.82 Å². The fraction of sp³-hybridized carbons (Fsp3) is 0.556. The molecule has 2 rings (SSSR count). The first kappa shape index (κ1) is 11.7. The number of hydrogen-bond donors (Lipinski definition) is 2. The first-order valence-electron chi connectivity index (χ1n) is 5.34. The van der Waals surface area contributed by atoms with Gasteiger partial charge in [0.25, 0.3) is 0 Å². The molecule has 0 spiro atoms. The van der Waals surface area contributed by atoms with Gasteiger partial charge in [-0.1, -0.05) is 0 Å². The molecule has 92 valence electrons. The number of methoxy groups -OCH3 is 1. The lowest BCUT2D eigenvalue weighted by Crippen LogP contribution is -2.28. The van der Waals surface area contributed by atoms with E-state index in [4.69, 9.17) is 10.5 Å². The van der Waals surface area contributed by atoms with Crippen molar-refractivity contribution in [3.63, 3.8) is 0 Å². The maximum absolute atomic E-state index is 5.53. The van der Waals surface area contributed by atoms with Crippen LogP contribution in [-0.4, -0.2) is 51.6 Å². The van der Waals surface area contributed by atoms with Gasteiger partial charge in [-0.2, -0.15) is 0 Å². The van der Waals surface area contributed by atoms with Gasteiger partial charge in [0.2, 0.25) is 0 Å². The third kappa shape index (κ3) is 2.86. The van der Waals surface area contributed by atoms with Crippen LogP contribution in [0.25, 0.3) is 5.65 Å². The molecule has 8 nitrogen and oxygen atoms in total. The molecule has 8 heteroatoms. The number of anilines is 1. The second kappa shape index (κ2) is 5.51. The number of fused-ring (bicyclic) bond motifs is 1. The number of nitrogens with two attached hydrogens (primary N) is 1. The molecule has 2 aromatic rings. The summed E-state index contributed by atoms with van der Waals surface area (Å²) in [7, 11) is 1.66. The van der Waals surface area contributed by atoms with Crippen molar-refractivity contribution < 1.29 is 4.74 Å². The van der Waals surface area contributed by atoms with Gasteiger partial charge in [0.15, 0.2) is 5.65 Å². The summed E-state index contributed by atoms with van der Waals surface area (Å²) in [5, 5.41) is 18.5. The van der Waals surface area contributed by atoms with E-state index in [0.717, 1.165) is 6.42 Å². The highest BCUT2D eigenvalue weighted by atomic mass is 16.5. The van der Waals surface area contributed by atoms with Crippen LogP contribution in [0.1, 0.15) is 6.42 Å². The van der Waals surface area contributed by atoms with E-state index in [1.165, 1.54) is 4.63 Å². The standard InChI is InChI=1S/C9H15N7O/c1-17-6-7(4-5-10)11-8-2-3-9-12-14-15-16(9)13-8/h2-3,7H,4-6,10H2,1H3,(H,11,13). The molecular weight excluding hydrogens is 222 g/mol. The number of tetrazole rings is 1. The zero-order valence-electron chi connectivity index (χ0n) is 9.58. The fourth-order valence-corrected chi connectivity index (χ4v) is 1.54. The molecule has 0 aliphatic rings. The van der Waals surface area contributed by atoms with Crippen LogP contribution in [0.5, 0.6) is 0 Å². The Labute approximate surface area is 98.1 Å². The molecule has 0 aliphatic carbocycles. The average molecular weight is 237 g/mol. The lowest BCUT2D eigenvalue weighted by molar-refractivity contribution is 0.183. The molecule has 0 fully saturated rings. The third-order valence-electron chi connectivity index (χ3n) is 2.30. The molecule has 3 N–H and O–H groups in total. The van der Waals surface area contributed by atoms with Crippen molar-refractivity contribution in [3.05, 3.63) is 12.1 Å². The first-order valence-corrected chi connectivity index (χ1v) is 5.34. The normalized spacial score (nSPS) is 12.8. The average Bonchev–Trinajstić information content (AvgIpc) is 2.77. The number of nitrogens with zero attached hydrogens (tertiary/aromatic N) is 5. The van der Waals surface area contributed by atoms with Crippen molar-refractivity contribution >= 4 is 11.5 Å². The van der Waals surface area contributed by atoms with Crippen LogP contribution >= 0.6 is 0 Å². The van der Waals surface area contributed by atoms with Crippen LogP contribution < -0.4 is 11.1 Å². The minimum Gasteiger partial charge on any atom is -0.383 e. The molecule has 0 amide bonds. The van der Waals surface area contributed by atoms with E-state index >= 15 is 0 Å². The maximum atomic E-state index is 5.53. The summed E-state index contributed by atoms with van der Waals surface area (Å²) in [6.07, 6.45) is 0.809. The molecule has 0 aliphatic heterocycles. The molecule has 0 saturated heterocycles. The lowest BCUT2D eigenvalue weighted by Gasteiger charge is -2.17. The van der Waals surface area contributed by atoms with Crippen molar-refractivity contribution in [1.82, 2.24) is 25.3 Å². The van der Waals surface area contributed by atoms with Crippen LogP contribution in [0.2, 0.25) is 0 Å². The van der Waals surface area contributed by atoms with Crippen molar-refractivity contribution in [3.8, 4) is 0 Å². The van der Waals surface area contributed by atoms with Crippen molar-refractivity contribution in [2.45, 2.75) is 12.5 Å². The van der Waals surface area contributed by atoms with Crippen LogP contribution in [0.15, 0.2) is 12.1 Å². The molecule has 1 atom stereocenters. The van der Waals surface area contributed by atoms with E-state index < -0.39 is 0 Å². The Balaban J connectivity index is 2.09. The summed E-state index contributed by atoms with van der Waals surface area (Å²) < 4.78 is 6.48. The van der Waals surface area contributed by atoms with E-state index in [1.54, 1.807) is 13.2 Å². The number of nitrogens with one attached hydrogen (secondary N) is 1. The molecule has 0 saturated carbocycles. The minimum atomic E-state index is 0.131. The number of aromatic nitrogens is 5. The molecule has 17 heavy (non-hydrogen) atoms. The molecule has 2 heterocycles. The Kier molecular flexibility index (Phi) is 3.78. The quantitative estimate of drug-likeness (QED) is 0.684. The van der Waals surface area contributed by atoms with E-state index in [1.807, 2.05) is 6.07 Å². The minimum absolute atomic E-state index is 0.131. The summed E-state index contributed by atoms with van der Waals surface area (Å²) in [4.78, 5) is 0. The van der Waals surface area contributed by atoms with Gasteiger partial charge in [0, 0.05) is 7.11 Å². The maximum Gasteiger partial charge on any atom is 0.200 e. The highest BCUT2D eigenvalue weighted by molar-refractivity contribution is 5.42. The van der Waals surface area contributed by atoms with Crippen molar-refractivity contribution in [2.24, 2.45) is 5.73 Å². The Hall–Kier alpha value is -1.80. The monoisotopic (exact) mass is 237 g/mol. The molecule has 2 aromatic heterocycles. The fourth-order valence-electron chi connectivity index (χ4n) is 1.54. The van der Waals surface area contributed by atoms with Crippen LogP contribution in [-0.2, 0) is 4.74 Å². The van der Waals surface area contributed by atoms with Crippen molar-refractivity contribution in [1.29, 1.82) is 0 Å². The lowest BCUT2D eigenvalue weighted by atomic mass is 10.2. The predicted octanol–water partition coefficient (Wildman–Crippen LogP) is -0.705. The van der Waals surface area contributed by atoms with Gasteiger partial charge < -0.3 is 15.8 Å². The van der Waals surface area contributed by atoms with Gasteiger partial charge in [-0.05, 0) is 35.5 Å². The molecule has 0 bridgehead atoms. The van der Waals surface area contributed by atoms with Gasteiger partial charge in [-0.3, -0.25) is 0 Å². The summed E-state index contributed by atoms with van der Waals surface area (Å²) in [5.41, 5.74) is 6.14. The summed E-state index contributed by atoms with van der Waals surface area (Å²) in [6.45, 7) is 1.17. The highest BCUT2D eigenvalue weighted by Crippen LogP contribution is 2.06. The van der Waals surface area contributed by atoms with Crippen molar-refractivity contribution in [2.75, 3.05) is 25.6 Å². The SMILES string of the molecule is COCC(CCN)Nc1ccc2nnnn2n1. The van der Waals surface area contributed by atoms with E-state index in [0.29, 0.717) is 24.6 Å². The number of rotatable bonds is 6. The van der Waals surface area contributed by atoms with Gasteiger partial charge in [0.1, 0.15) is 5.82 Å². The molecule has 1 unspecified atom stereocenters. The van der Waals surface area contributed by atoms with Crippen LogP contribution in [0.3, 0.4) is 0 Å². The highest BCUT2D eigenvalue weighted by Gasteiger charge is 2.09. The zero-order chi connectivity index (χ0) is 12.1. The summed E-state index contributed by atoms with van der Waals surface area (Å²) in [6, 6.07) is 3.75. The van der Waals surface area contributed by atoms with Gasteiger partial charge in [0.05, 0.1) is 12.6 Å².